The quantitative estimate of drug-likeness (QED) is 0.613. The molecule has 0 radical (unpaired) electrons. The molecule has 5 nitrogen and oxygen atoms in total. The van der Waals surface area contributed by atoms with E-state index >= 15 is 0 Å². The molecular weight excluding hydrogens is 372 g/mol. The maximum atomic E-state index is 12.9. The van der Waals surface area contributed by atoms with Gasteiger partial charge in [-0.2, -0.15) is 0 Å². The number of aromatic nitrogens is 2. The lowest BCUT2D eigenvalue weighted by molar-refractivity contribution is 0.0746. The standard InChI is InChI=1S/C22H23ClN4O/c1-2-27(16-18-6-4-3-5-7-18)21(28)20-13-15-25-22(26-20)24-14-12-17-8-10-19(23)11-9-17/h3-11,13,15H,2,12,14,16H2,1H3,(H,24,25,26). The summed E-state index contributed by atoms with van der Waals surface area (Å²) in [5.74, 6) is 0.352. The summed E-state index contributed by atoms with van der Waals surface area (Å²) in [4.78, 5) is 23.2. The molecule has 0 aliphatic carbocycles. The Balaban J connectivity index is 1.60. The van der Waals surface area contributed by atoms with E-state index < -0.39 is 0 Å². The maximum absolute atomic E-state index is 12.9. The Labute approximate surface area is 170 Å². The molecule has 0 atom stereocenters. The second-order valence-electron chi connectivity index (χ2n) is 6.37. The van der Waals surface area contributed by atoms with Gasteiger partial charge in [0.05, 0.1) is 0 Å². The monoisotopic (exact) mass is 394 g/mol. The molecule has 1 N–H and O–H groups in total. The summed E-state index contributed by atoms with van der Waals surface area (Å²) in [6, 6.07) is 19.3. The third-order valence-corrected chi connectivity index (χ3v) is 4.62. The van der Waals surface area contributed by atoms with Gasteiger partial charge in [0, 0.05) is 30.9 Å². The molecule has 1 aromatic heterocycles. The molecule has 0 aliphatic rings. The van der Waals surface area contributed by atoms with Crippen molar-refractivity contribution in [3.05, 3.63) is 88.7 Å². The van der Waals surface area contributed by atoms with Crippen molar-refractivity contribution in [1.82, 2.24) is 14.9 Å². The molecule has 28 heavy (non-hydrogen) atoms. The normalized spacial score (nSPS) is 10.5. The van der Waals surface area contributed by atoms with Gasteiger partial charge < -0.3 is 10.2 Å². The van der Waals surface area contributed by atoms with Crippen LogP contribution >= 0.6 is 11.6 Å². The van der Waals surface area contributed by atoms with Crippen LogP contribution in [0.5, 0.6) is 0 Å². The van der Waals surface area contributed by atoms with E-state index in [-0.39, 0.29) is 5.91 Å². The number of carbonyl (C=O) groups excluding carboxylic acids is 1. The lowest BCUT2D eigenvalue weighted by Crippen LogP contribution is -2.31. The molecule has 1 heterocycles. The largest absolute Gasteiger partial charge is 0.354 e. The summed E-state index contributed by atoms with van der Waals surface area (Å²) in [5, 5.41) is 3.91. The number of carbonyl (C=O) groups is 1. The number of anilines is 1. The molecule has 1 amide bonds. The fourth-order valence-electron chi connectivity index (χ4n) is 2.83. The second kappa shape index (κ2) is 9.85. The summed E-state index contributed by atoms with van der Waals surface area (Å²) >= 11 is 5.91. The first kappa shape index (κ1) is 19.8. The van der Waals surface area contributed by atoms with E-state index in [1.807, 2.05) is 61.5 Å². The van der Waals surface area contributed by atoms with Gasteiger partial charge in [0.1, 0.15) is 5.69 Å². The van der Waals surface area contributed by atoms with Gasteiger partial charge in [-0.05, 0) is 42.7 Å². The van der Waals surface area contributed by atoms with Crippen LogP contribution in [0.2, 0.25) is 5.02 Å². The van der Waals surface area contributed by atoms with Crippen LogP contribution in [0.25, 0.3) is 0 Å². The summed E-state index contributed by atoms with van der Waals surface area (Å²) in [6.07, 6.45) is 2.43. The Morgan fingerprint density at radius 3 is 2.50 bits per heavy atom. The fourth-order valence-corrected chi connectivity index (χ4v) is 2.95. The highest BCUT2D eigenvalue weighted by Gasteiger charge is 2.16. The van der Waals surface area contributed by atoms with Crippen LogP contribution in [-0.2, 0) is 13.0 Å². The minimum atomic E-state index is -0.102. The molecule has 3 rings (SSSR count). The Bertz CT molecular complexity index is 900. The molecule has 2 aromatic carbocycles. The zero-order valence-corrected chi connectivity index (χ0v) is 16.6. The van der Waals surface area contributed by atoms with E-state index in [9.17, 15) is 4.79 Å². The second-order valence-corrected chi connectivity index (χ2v) is 6.81. The van der Waals surface area contributed by atoms with E-state index in [1.54, 1.807) is 17.2 Å². The van der Waals surface area contributed by atoms with Crippen molar-refractivity contribution in [1.29, 1.82) is 0 Å². The van der Waals surface area contributed by atoms with Crippen molar-refractivity contribution in [2.24, 2.45) is 0 Å². The Morgan fingerprint density at radius 2 is 1.79 bits per heavy atom. The molecule has 0 spiro atoms. The highest BCUT2D eigenvalue weighted by molar-refractivity contribution is 6.30. The molecule has 0 unspecified atom stereocenters. The van der Waals surface area contributed by atoms with E-state index in [1.165, 1.54) is 5.56 Å². The van der Waals surface area contributed by atoms with Gasteiger partial charge in [-0.25, -0.2) is 9.97 Å². The predicted molar refractivity (Wildman–Crippen MR) is 113 cm³/mol. The number of benzene rings is 2. The molecular formula is C22H23ClN4O. The molecule has 0 bridgehead atoms. The highest BCUT2D eigenvalue weighted by atomic mass is 35.5. The van der Waals surface area contributed by atoms with Crippen molar-refractivity contribution < 1.29 is 4.79 Å². The first-order chi connectivity index (χ1) is 13.7. The number of hydrogen-bond donors (Lipinski definition) is 1. The maximum Gasteiger partial charge on any atom is 0.272 e. The van der Waals surface area contributed by atoms with Gasteiger partial charge in [0.25, 0.3) is 5.91 Å². The van der Waals surface area contributed by atoms with Crippen molar-refractivity contribution >= 4 is 23.5 Å². The highest BCUT2D eigenvalue weighted by Crippen LogP contribution is 2.11. The lowest BCUT2D eigenvalue weighted by atomic mass is 10.1. The minimum Gasteiger partial charge on any atom is -0.354 e. The molecule has 6 heteroatoms. The Kier molecular flexibility index (Phi) is 6.98. The average molecular weight is 395 g/mol. The molecule has 0 saturated carbocycles. The van der Waals surface area contributed by atoms with E-state index in [0.29, 0.717) is 31.3 Å². The van der Waals surface area contributed by atoms with E-state index in [2.05, 4.69) is 15.3 Å². The number of amides is 1. The van der Waals surface area contributed by atoms with Crippen LogP contribution in [0.1, 0.15) is 28.5 Å². The third-order valence-electron chi connectivity index (χ3n) is 4.37. The fraction of sp³-hybridized carbons (Fsp3) is 0.227. The van der Waals surface area contributed by atoms with Gasteiger partial charge >= 0.3 is 0 Å². The van der Waals surface area contributed by atoms with Crippen LogP contribution in [0.15, 0.2) is 66.9 Å². The zero-order chi connectivity index (χ0) is 19.8. The molecule has 0 fully saturated rings. The first-order valence-corrected chi connectivity index (χ1v) is 9.68. The summed E-state index contributed by atoms with van der Waals surface area (Å²) in [5.41, 5.74) is 2.65. The SMILES string of the molecule is CCN(Cc1ccccc1)C(=O)c1ccnc(NCCc2ccc(Cl)cc2)n1. The number of rotatable bonds is 8. The van der Waals surface area contributed by atoms with Gasteiger partial charge in [0.2, 0.25) is 5.95 Å². The van der Waals surface area contributed by atoms with Crippen molar-refractivity contribution in [2.45, 2.75) is 19.9 Å². The van der Waals surface area contributed by atoms with Gasteiger partial charge in [-0.1, -0.05) is 54.1 Å². The van der Waals surface area contributed by atoms with Gasteiger partial charge in [-0.15, -0.1) is 0 Å². The molecule has 144 valence electrons. The number of halogens is 1. The number of hydrogen-bond acceptors (Lipinski definition) is 4. The van der Waals surface area contributed by atoms with Crippen LogP contribution in [0.4, 0.5) is 5.95 Å². The van der Waals surface area contributed by atoms with Crippen LogP contribution < -0.4 is 5.32 Å². The average Bonchev–Trinajstić information content (AvgIpc) is 2.74. The van der Waals surface area contributed by atoms with Crippen molar-refractivity contribution in [3.63, 3.8) is 0 Å². The molecule has 3 aromatic rings. The van der Waals surface area contributed by atoms with E-state index in [0.717, 1.165) is 17.0 Å². The van der Waals surface area contributed by atoms with Gasteiger partial charge in [0.15, 0.2) is 0 Å². The number of nitrogens with zero attached hydrogens (tertiary/aromatic N) is 3. The minimum absolute atomic E-state index is 0.102. The summed E-state index contributed by atoms with van der Waals surface area (Å²) in [6.45, 7) is 3.80. The van der Waals surface area contributed by atoms with Crippen LogP contribution in [0, 0.1) is 0 Å². The summed E-state index contributed by atoms with van der Waals surface area (Å²) < 4.78 is 0. The van der Waals surface area contributed by atoms with Crippen LogP contribution in [-0.4, -0.2) is 33.9 Å². The first-order valence-electron chi connectivity index (χ1n) is 9.30. The molecule has 0 saturated heterocycles. The van der Waals surface area contributed by atoms with E-state index in [4.69, 9.17) is 11.6 Å². The van der Waals surface area contributed by atoms with Crippen molar-refractivity contribution in [3.8, 4) is 0 Å². The van der Waals surface area contributed by atoms with Crippen molar-refractivity contribution in [2.75, 3.05) is 18.4 Å². The number of nitrogens with one attached hydrogen (secondary N) is 1. The predicted octanol–water partition coefficient (Wildman–Crippen LogP) is 4.45. The lowest BCUT2D eigenvalue weighted by Gasteiger charge is -2.20. The summed E-state index contributed by atoms with van der Waals surface area (Å²) in [7, 11) is 0. The topological polar surface area (TPSA) is 58.1 Å². The third kappa shape index (κ3) is 5.54. The van der Waals surface area contributed by atoms with Crippen LogP contribution in [0.3, 0.4) is 0 Å². The Hall–Kier alpha value is -2.92. The smallest absolute Gasteiger partial charge is 0.272 e. The van der Waals surface area contributed by atoms with Gasteiger partial charge in [-0.3, -0.25) is 4.79 Å². The Morgan fingerprint density at radius 1 is 1.04 bits per heavy atom. The molecule has 0 aliphatic heterocycles. The zero-order valence-electron chi connectivity index (χ0n) is 15.8.